The summed E-state index contributed by atoms with van der Waals surface area (Å²) < 4.78 is 8.44. The molecule has 0 unspecified atom stereocenters. The first-order valence-corrected chi connectivity index (χ1v) is 10.3. The van der Waals surface area contributed by atoms with Gasteiger partial charge in [0.1, 0.15) is 16.1 Å². The minimum absolute atomic E-state index is 0.00881. The molecule has 30 heavy (non-hydrogen) atoms. The first kappa shape index (κ1) is 19.9. The summed E-state index contributed by atoms with van der Waals surface area (Å²) in [5.41, 5.74) is -1.34. The highest BCUT2D eigenvalue weighted by molar-refractivity contribution is 7.20. The van der Waals surface area contributed by atoms with Crippen molar-refractivity contribution in [2.45, 2.75) is 20.4 Å². The molecule has 0 saturated heterocycles. The molecule has 1 N–H and O–H groups in total. The second-order valence-electron chi connectivity index (χ2n) is 7.48. The van der Waals surface area contributed by atoms with E-state index in [2.05, 4.69) is 0 Å². The Hall–Kier alpha value is -3.39. The number of carboxylic acids is 1. The molecule has 0 aliphatic carbocycles. The number of nitrogens with zero attached hydrogens (tertiary/aromatic N) is 2. The molecule has 0 radical (unpaired) electrons. The Labute approximate surface area is 175 Å². The number of carbonyl (C=O) groups is 1. The molecule has 0 amide bonds. The predicted molar refractivity (Wildman–Crippen MR) is 117 cm³/mol. The quantitative estimate of drug-likeness (QED) is 0.522. The van der Waals surface area contributed by atoms with Crippen molar-refractivity contribution < 1.29 is 14.6 Å². The van der Waals surface area contributed by atoms with Crippen molar-refractivity contribution in [3.05, 3.63) is 68.9 Å². The number of hydrogen-bond acceptors (Lipinski definition) is 5. The molecule has 0 saturated carbocycles. The molecule has 0 bridgehead atoms. The van der Waals surface area contributed by atoms with Crippen LogP contribution in [-0.2, 0) is 13.6 Å². The van der Waals surface area contributed by atoms with E-state index in [0.717, 1.165) is 26.7 Å². The molecule has 0 atom stereocenters. The van der Waals surface area contributed by atoms with Crippen LogP contribution in [0.4, 0.5) is 0 Å². The van der Waals surface area contributed by atoms with Gasteiger partial charge >= 0.3 is 11.7 Å². The Morgan fingerprint density at radius 3 is 2.53 bits per heavy atom. The van der Waals surface area contributed by atoms with E-state index in [1.54, 1.807) is 6.07 Å². The van der Waals surface area contributed by atoms with Crippen LogP contribution < -0.4 is 16.0 Å². The molecule has 8 heteroatoms. The number of rotatable bonds is 5. The van der Waals surface area contributed by atoms with E-state index in [-0.39, 0.29) is 21.9 Å². The van der Waals surface area contributed by atoms with E-state index in [9.17, 15) is 19.5 Å². The summed E-state index contributed by atoms with van der Waals surface area (Å²) in [5, 5.41) is 11.7. The maximum Gasteiger partial charge on any atom is 0.341 e. The Morgan fingerprint density at radius 1 is 1.13 bits per heavy atom. The highest BCUT2D eigenvalue weighted by Crippen LogP contribution is 2.40. The largest absolute Gasteiger partial charge is 0.477 e. The third-order valence-electron chi connectivity index (χ3n) is 4.85. The summed E-state index contributed by atoms with van der Waals surface area (Å²) in [6.07, 6.45) is 0. The topological polar surface area (TPSA) is 90.5 Å². The molecule has 4 aromatic rings. The van der Waals surface area contributed by atoms with Gasteiger partial charge in [-0.15, -0.1) is 0 Å². The zero-order valence-corrected chi connectivity index (χ0v) is 17.5. The Morgan fingerprint density at radius 2 is 1.83 bits per heavy atom. The Kier molecular flexibility index (Phi) is 4.95. The van der Waals surface area contributed by atoms with E-state index in [0.29, 0.717) is 17.1 Å². The lowest BCUT2D eigenvalue weighted by Gasteiger charge is -2.11. The summed E-state index contributed by atoms with van der Waals surface area (Å²) in [6.45, 7) is 4.25. The second-order valence-corrected chi connectivity index (χ2v) is 8.44. The van der Waals surface area contributed by atoms with Gasteiger partial charge in [0.2, 0.25) is 0 Å². The lowest BCUT2D eigenvalue weighted by Crippen LogP contribution is -2.38. The van der Waals surface area contributed by atoms with E-state index >= 15 is 0 Å². The molecule has 2 aromatic carbocycles. The first-order valence-electron chi connectivity index (χ1n) is 9.44. The fraction of sp³-hybridized carbons (Fsp3) is 0.227. The summed E-state index contributed by atoms with van der Waals surface area (Å²) in [5.74, 6) is -0.665. The van der Waals surface area contributed by atoms with Gasteiger partial charge in [-0.25, -0.2) is 9.59 Å². The van der Waals surface area contributed by atoms with Crippen LogP contribution in [-0.4, -0.2) is 20.2 Å². The average molecular weight is 424 g/mol. The van der Waals surface area contributed by atoms with Crippen LogP contribution in [0.1, 0.15) is 24.2 Å². The lowest BCUT2D eigenvalue weighted by molar-refractivity contribution is 0.0697. The van der Waals surface area contributed by atoms with E-state index in [4.69, 9.17) is 4.74 Å². The SMILES string of the molecule is CC(C)Cn1c(=O)n(C)c(=O)c2c(C(=O)O)c(Oc3cccc4ccccc34)sc21. The minimum atomic E-state index is -1.27. The van der Waals surface area contributed by atoms with Gasteiger partial charge < -0.3 is 9.84 Å². The van der Waals surface area contributed by atoms with Crippen LogP contribution >= 0.6 is 11.3 Å². The van der Waals surface area contributed by atoms with Crippen LogP contribution in [0.15, 0.2) is 52.1 Å². The number of thiophene rings is 1. The maximum absolute atomic E-state index is 12.8. The zero-order valence-electron chi connectivity index (χ0n) is 16.7. The highest BCUT2D eigenvalue weighted by atomic mass is 32.1. The van der Waals surface area contributed by atoms with Gasteiger partial charge in [-0.1, -0.05) is 61.6 Å². The molecule has 0 fully saturated rings. The molecule has 154 valence electrons. The summed E-state index contributed by atoms with van der Waals surface area (Å²) in [4.78, 5) is 38.0. The molecule has 0 spiro atoms. The van der Waals surface area contributed by atoms with Crippen molar-refractivity contribution in [2.75, 3.05) is 0 Å². The highest BCUT2D eigenvalue weighted by Gasteiger charge is 2.27. The van der Waals surface area contributed by atoms with Crippen molar-refractivity contribution in [3.63, 3.8) is 0 Å². The van der Waals surface area contributed by atoms with Crippen LogP contribution in [0.25, 0.3) is 21.0 Å². The molecule has 7 nitrogen and oxygen atoms in total. The predicted octanol–water partition coefficient (Wildman–Crippen LogP) is 4.06. The number of fused-ring (bicyclic) bond motifs is 2. The molecule has 0 aliphatic rings. The molecule has 2 heterocycles. The maximum atomic E-state index is 12.8. The van der Waals surface area contributed by atoms with Gasteiger partial charge in [-0.05, 0) is 17.4 Å². The van der Waals surface area contributed by atoms with Gasteiger partial charge in [0.25, 0.3) is 5.56 Å². The molecule has 0 aliphatic heterocycles. The summed E-state index contributed by atoms with van der Waals surface area (Å²) in [7, 11) is 1.36. The summed E-state index contributed by atoms with van der Waals surface area (Å²) >= 11 is 1.01. The Balaban J connectivity index is 2.02. The second kappa shape index (κ2) is 7.46. The first-order chi connectivity index (χ1) is 14.3. The number of aromatic nitrogens is 2. The van der Waals surface area contributed by atoms with Crippen molar-refractivity contribution >= 4 is 38.3 Å². The van der Waals surface area contributed by atoms with Crippen LogP contribution in [0.3, 0.4) is 0 Å². The van der Waals surface area contributed by atoms with Gasteiger partial charge in [0.15, 0.2) is 5.06 Å². The van der Waals surface area contributed by atoms with E-state index in [1.807, 2.05) is 50.2 Å². The number of benzene rings is 2. The third-order valence-corrected chi connectivity index (χ3v) is 5.94. The van der Waals surface area contributed by atoms with E-state index < -0.39 is 17.2 Å². The zero-order chi connectivity index (χ0) is 21.6. The van der Waals surface area contributed by atoms with E-state index in [1.165, 1.54) is 11.6 Å². The van der Waals surface area contributed by atoms with Crippen molar-refractivity contribution in [1.29, 1.82) is 0 Å². The van der Waals surface area contributed by atoms with Gasteiger partial charge in [0, 0.05) is 19.0 Å². The number of hydrogen-bond donors (Lipinski definition) is 1. The van der Waals surface area contributed by atoms with Gasteiger partial charge in [-0.2, -0.15) is 0 Å². The fourth-order valence-corrected chi connectivity index (χ4v) is 4.64. The summed E-state index contributed by atoms with van der Waals surface area (Å²) in [6, 6.07) is 13.1. The fourth-order valence-electron chi connectivity index (χ4n) is 3.49. The van der Waals surface area contributed by atoms with Crippen molar-refractivity contribution in [2.24, 2.45) is 13.0 Å². The van der Waals surface area contributed by atoms with Crippen LogP contribution in [0, 0.1) is 5.92 Å². The molecular weight excluding hydrogens is 404 g/mol. The monoisotopic (exact) mass is 424 g/mol. The van der Waals surface area contributed by atoms with Crippen LogP contribution in [0.2, 0.25) is 0 Å². The smallest absolute Gasteiger partial charge is 0.341 e. The minimum Gasteiger partial charge on any atom is -0.477 e. The number of ether oxygens (including phenoxy) is 1. The van der Waals surface area contributed by atoms with Crippen molar-refractivity contribution in [1.82, 2.24) is 9.13 Å². The third kappa shape index (κ3) is 3.19. The Bertz CT molecular complexity index is 1410. The van der Waals surface area contributed by atoms with Gasteiger partial charge in [0.05, 0.1) is 5.39 Å². The lowest BCUT2D eigenvalue weighted by atomic mass is 10.1. The molecule has 4 rings (SSSR count). The average Bonchev–Trinajstić information content (AvgIpc) is 3.09. The number of aromatic carboxylic acids is 1. The molecular formula is C22H20N2O5S. The van der Waals surface area contributed by atoms with Crippen molar-refractivity contribution in [3.8, 4) is 10.8 Å². The molecule has 2 aromatic heterocycles. The van der Waals surface area contributed by atoms with Crippen LogP contribution in [0.5, 0.6) is 10.8 Å². The number of carboxylic acid groups (broad SMARTS) is 1. The van der Waals surface area contributed by atoms with Gasteiger partial charge in [-0.3, -0.25) is 13.9 Å². The normalized spacial score (nSPS) is 11.5. The standard InChI is InChI=1S/C22H20N2O5S/c1-12(2)11-24-19-16(18(25)23(3)22(24)28)17(20(26)27)21(30-19)29-15-10-6-8-13-7-4-5-9-14(13)15/h4-10,12H,11H2,1-3H3,(H,26,27).